The maximum atomic E-state index is 2.30. The van der Waals surface area contributed by atoms with Crippen molar-refractivity contribution in [2.24, 2.45) is 0 Å². The summed E-state index contributed by atoms with van der Waals surface area (Å²) in [5.74, 6) is 0. The maximum absolute atomic E-state index is 2.30. The van der Waals surface area contributed by atoms with Gasteiger partial charge in [-0.25, -0.2) is 0 Å². The highest BCUT2D eigenvalue weighted by atomic mass is 15.1. The molecule has 0 N–H and O–H groups in total. The molecule has 0 saturated carbocycles. The second-order valence-electron chi connectivity index (χ2n) is 5.93. The number of nitrogens with zero attached hydrogens (tertiary/aromatic N) is 1. The van der Waals surface area contributed by atoms with Crippen LogP contribution < -0.4 is 4.90 Å². The summed E-state index contributed by atoms with van der Waals surface area (Å²) in [6, 6.07) is 17.4. The van der Waals surface area contributed by atoms with E-state index in [0.717, 1.165) is 0 Å². The first-order valence-corrected chi connectivity index (χ1v) is 7.46. The van der Waals surface area contributed by atoms with Crippen molar-refractivity contribution in [3.63, 3.8) is 0 Å². The molecule has 0 saturated heterocycles. The Morgan fingerprint density at radius 2 is 1.15 bits per heavy atom. The summed E-state index contributed by atoms with van der Waals surface area (Å²) in [6.45, 7) is 8.86. The Hall–Kier alpha value is -1.76. The van der Waals surface area contributed by atoms with Gasteiger partial charge in [-0.1, -0.05) is 70.5 Å². The molecule has 0 unspecified atom stereocenters. The SMILES string of the molecule is CCC.CN1c2ccccc2C(C)(C)c2ccccc21. The van der Waals surface area contributed by atoms with Gasteiger partial charge in [0.25, 0.3) is 0 Å². The molecular weight excluding hydrogens is 242 g/mol. The molecule has 3 rings (SSSR count). The van der Waals surface area contributed by atoms with Crippen LogP contribution in [0.3, 0.4) is 0 Å². The van der Waals surface area contributed by atoms with Gasteiger partial charge in [-0.3, -0.25) is 0 Å². The molecule has 2 aromatic carbocycles. The quantitative estimate of drug-likeness (QED) is 0.608. The van der Waals surface area contributed by atoms with E-state index in [-0.39, 0.29) is 5.41 Å². The summed E-state index contributed by atoms with van der Waals surface area (Å²) in [5.41, 5.74) is 5.52. The fourth-order valence-corrected chi connectivity index (χ4v) is 2.86. The Labute approximate surface area is 123 Å². The van der Waals surface area contributed by atoms with Gasteiger partial charge in [-0.2, -0.15) is 0 Å². The van der Waals surface area contributed by atoms with Crippen LogP contribution >= 0.6 is 0 Å². The molecule has 0 aromatic heterocycles. The zero-order valence-electron chi connectivity index (χ0n) is 13.3. The molecule has 2 aromatic rings. The van der Waals surface area contributed by atoms with Gasteiger partial charge in [-0.05, 0) is 23.3 Å². The molecule has 0 bridgehead atoms. The number of hydrogen-bond acceptors (Lipinski definition) is 1. The third-order valence-electron chi connectivity index (χ3n) is 3.88. The Balaban J connectivity index is 0.000000452. The Bertz CT molecular complexity index is 534. The number of benzene rings is 2. The second-order valence-corrected chi connectivity index (χ2v) is 5.93. The van der Waals surface area contributed by atoms with E-state index in [4.69, 9.17) is 0 Å². The topological polar surface area (TPSA) is 3.24 Å². The van der Waals surface area contributed by atoms with Crippen LogP contribution in [0.4, 0.5) is 11.4 Å². The van der Waals surface area contributed by atoms with Gasteiger partial charge in [0.05, 0.1) is 0 Å². The van der Waals surface area contributed by atoms with Crippen LogP contribution in [-0.4, -0.2) is 7.05 Å². The van der Waals surface area contributed by atoms with Crippen molar-refractivity contribution in [2.45, 2.75) is 39.5 Å². The summed E-state index contributed by atoms with van der Waals surface area (Å²) in [5, 5.41) is 0. The van der Waals surface area contributed by atoms with Gasteiger partial charge in [0.1, 0.15) is 0 Å². The van der Waals surface area contributed by atoms with Crippen LogP contribution in [0.1, 0.15) is 45.2 Å². The van der Waals surface area contributed by atoms with Gasteiger partial charge in [0.2, 0.25) is 0 Å². The van der Waals surface area contributed by atoms with Gasteiger partial charge in [0, 0.05) is 23.8 Å². The number of anilines is 2. The highest BCUT2D eigenvalue weighted by Crippen LogP contribution is 2.47. The summed E-state index contributed by atoms with van der Waals surface area (Å²) in [6.07, 6.45) is 1.25. The monoisotopic (exact) mass is 267 g/mol. The minimum atomic E-state index is 0.0830. The molecule has 0 aliphatic carbocycles. The number of fused-ring (bicyclic) bond motifs is 2. The van der Waals surface area contributed by atoms with E-state index in [1.165, 1.54) is 28.9 Å². The lowest BCUT2D eigenvalue weighted by Crippen LogP contribution is -2.30. The van der Waals surface area contributed by atoms with Crippen LogP contribution in [0.5, 0.6) is 0 Å². The molecule has 0 radical (unpaired) electrons. The molecule has 1 aliphatic rings. The molecule has 0 fully saturated rings. The molecule has 0 amide bonds. The van der Waals surface area contributed by atoms with E-state index in [0.29, 0.717) is 0 Å². The maximum Gasteiger partial charge on any atom is 0.0449 e. The van der Waals surface area contributed by atoms with Crippen LogP contribution in [0.2, 0.25) is 0 Å². The lowest BCUT2D eigenvalue weighted by atomic mass is 9.74. The van der Waals surface area contributed by atoms with Crippen LogP contribution in [-0.2, 0) is 5.41 Å². The Kier molecular flexibility index (Phi) is 4.17. The highest BCUT2D eigenvalue weighted by molar-refractivity contribution is 5.77. The van der Waals surface area contributed by atoms with Gasteiger partial charge < -0.3 is 4.90 Å². The average molecular weight is 267 g/mol. The molecule has 1 nitrogen and oxygen atoms in total. The standard InChI is InChI=1S/C16H17N.C3H8/c1-16(2)12-8-4-6-10-14(12)17(3)15-11-7-5-9-13(15)16;1-3-2/h4-11H,1-3H3;3H2,1-2H3. The van der Waals surface area contributed by atoms with Crippen molar-refractivity contribution < 1.29 is 0 Å². The van der Waals surface area contributed by atoms with Gasteiger partial charge >= 0.3 is 0 Å². The van der Waals surface area contributed by atoms with Crippen LogP contribution in [0.25, 0.3) is 0 Å². The third kappa shape index (κ3) is 2.33. The zero-order chi connectivity index (χ0) is 14.8. The summed E-state index contributed by atoms with van der Waals surface area (Å²) in [4.78, 5) is 2.29. The first kappa shape index (κ1) is 14.6. The molecule has 1 aliphatic heterocycles. The second kappa shape index (κ2) is 5.70. The first-order chi connectivity index (χ1) is 9.54. The predicted octanol–water partition coefficient (Wildman–Crippen LogP) is 5.51. The van der Waals surface area contributed by atoms with E-state index in [9.17, 15) is 0 Å². The van der Waals surface area contributed by atoms with Crippen molar-refractivity contribution in [2.75, 3.05) is 11.9 Å². The number of hydrogen-bond donors (Lipinski definition) is 0. The normalized spacial score (nSPS) is 14.8. The fourth-order valence-electron chi connectivity index (χ4n) is 2.86. The third-order valence-corrected chi connectivity index (χ3v) is 3.88. The van der Waals surface area contributed by atoms with Crippen molar-refractivity contribution in [1.29, 1.82) is 0 Å². The molecule has 0 spiro atoms. The molecule has 1 heteroatoms. The molecule has 20 heavy (non-hydrogen) atoms. The number of para-hydroxylation sites is 2. The summed E-state index contributed by atoms with van der Waals surface area (Å²) >= 11 is 0. The highest BCUT2D eigenvalue weighted by Gasteiger charge is 2.34. The molecule has 106 valence electrons. The van der Waals surface area contributed by atoms with Crippen molar-refractivity contribution in [3.8, 4) is 0 Å². The van der Waals surface area contributed by atoms with Crippen molar-refractivity contribution in [1.82, 2.24) is 0 Å². The van der Waals surface area contributed by atoms with E-state index in [2.05, 4.69) is 88.2 Å². The zero-order valence-corrected chi connectivity index (χ0v) is 13.3. The average Bonchev–Trinajstić information content (AvgIpc) is 2.46. The lowest BCUT2D eigenvalue weighted by Gasteiger charge is -2.40. The molecule has 0 atom stereocenters. The Morgan fingerprint density at radius 3 is 1.55 bits per heavy atom. The van der Waals surface area contributed by atoms with E-state index < -0.39 is 0 Å². The van der Waals surface area contributed by atoms with Crippen LogP contribution in [0, 0.1) is 0 Å². The molecular formula is C19H25N. The minimum absolute atomic E-state index is 0.0830. The largest absolute Gasteiger partial charge is 0.344 e. The van der Waals surface area contributed by atoms with E-state index >= 15 is 0 Å². The van der Waals surface area contributed by atoms with Gasteiger partial charge in [0.15, 0.2) is 0 Å². The lowest BCUT2D eigenvalue weighted by molar-refractivity contribution is 0.629. The van der Waals surface area contributed by atoms with E-state index in [1.807, 2.05) is 0 Å². The predicted molar refractivity (Wildman–Crippen MR) is 89.0 cm³/mol. The first-order valence-electron chi connectivity index (χ1n) is 7.46. The fraction of sp³-hybridized carbons (Fsp3) is 0.368. The van der Waals surface area contributed by atoms with Gasteiger partial charge in [-0.15, -0.1) is 0 Å². The smallest absolute Gasteiger partial charge is 0.0449 e. The Morgan fingerprint density at radius 1 is 0.800 bits per heavy atom. The van der Waals surface area contributed by atoms with E-state index in [1.54, 1.807) is 0 Å². The van der Waals surface area contributed by atoms with Crippen LogP contribution in [0.15, 0.2) is 48.5 Å². The summed E-state index contributed by atoms with van der Waals surface area (Å²) < 4.78 is 0. The van der Waals surface area contributed by atoms with Crippen molar-refractivity contribution >= 4 is 11.4 Å². The molecule has 1 heterocycles. The summed E-state index contributed by atoms with van der Waals surface area (Å²) in [7, 11) is 2.15. The number of rotatable bonds is 0. The minimum Gasteiger partial charge on any atom is -0.344 e. The van der Waals surface area contributed by atoms with Crippen molar-refractivity contribution in [3.05, 3.63) is 59.7 Å².